The molecule has 0 bridgehead atoms. The molecule has 0 fully saturated rings. The monoisotopic (exact) mass is 364 g/mol. The van der Waals surface area contributed by atoms with E-state index in [9.17, 15) is 0 Å². The van der Waals surface area contributed by atoms with Gasteiger partial charge in [0.05, 0.1) is 0 Å². The lowest BCUT2D eigenvalue weighted by atomic mass is 10.5. The second-order valence-corrected chi connectivity index (χ2v) is 6.67. The van der Waals surface area contributed by atoms with Crippen LogP contribution in [0.3, 0.4) is 0 Å². The zero-order chi connectivity index (χ0) is 11.6. The van der Waals surface area contributed by atoms with E-state index in [1.807, 2.05) is 0 Å². The van der Waals surface area contributed by atoms with Crippen LogP contribution in [0.5, 0.6) is 0 Å². The predicted octanol–water partition coefficient (Wildman–Crippen LogP) is 2.32. The molecular weight excluding hydrogens is 348 g/mol. The maximum Gasteiger partial charge on any atom is 0.679 e. The fraction of sp³-hybridized carbons (Fsp3) is 1.00. The van der Waals surface area contributed by atoms with Crippen molar-refractivity contribution in [2.75, 3.05) is 38.1 Å². The maximum atomic E-state index is 5.54. The third-order valence-electron chi connectivity index (χ3n) is 1.61. The van der Waals surface area contributed by atoms with Gasteiger partial charge in [0.25, 0.3) is 0 Å². The van der Waals surface area contributed by atoms with Gasteiger partial charge in [-0.05, 0) is 12.8 Å². The van der Waals surface area contributed by atoms with Crippen molar-refractivity contribution >= 4 is 40.9 Å². The number of halogens is 2. The van der Waals surface area contributed by atoms with Gasteiger partial charge in [-0.25, -0.2) is 0 Å². The van der Waals surface area contributed by atoms with Crippen LogP contribution in [0.4, 0.5) is 0 Å². The molecule has 7 heteroatoms. The van der Waals surface area contributed by atoms with E-state index in [2.05, 4.69) is 31.9 Å². The Morgan fingerprint density at radius 2 is 1.27 bits per heavy atom. The lowest BCUT2D eigenvalue weighted by Gasteiger charge is -2.24. The van der Waals surface area contributed by atoms with Crippen LogP contribution >= 0.6 is 31.9 Å². The van der Waals surface area contributed by atoms with E-state index < -0.39 is 9.05 Å². The lowest BCUT2D eigenvalue weighted by molar-refractivity contribution is -0.00831. The highest BCUT2D eigenvalue weighted by Gasteiger charge is 2.43. The molecule has 0 heterocycles. The summed E-state index contributed by atoms with van der Waals surface area (Å²) >= 11 is 6.66. The van der Waals surface area contributed by atoms with E-state index in [0.717, 1.165) is 23.5 Å². The summed E-state index contributed by atoms with van der Waals surface area (Å²) in [7, 11) is 0.248. The average Bonchev–Trinajstić information content (AvgIpc) is 2.28. The quantitative estimate of drug-likeness (QED) is 0.338. The Hall–Kier alpha value is 1.02. The van der Waals surface area contributed by atoms with Crippen LogP contribution in [0.1, 0.15) is 12.8 Å². The Kier molecular flexibility index (Phi) is 10.9. The lowest BCUT2D eigenvalue weighted by Crippen LogP contribution is -2.48. The smallest absolute Gasteiger partial charge is 0.355 e. The fourth-order valence-corrected chi connectivity index (χ4v) is 2.83. The van der Waals surface area contributed by atoms with Crippen molar-refractivity contribution in [3.8, 4) is 0 Å². The Balaban J connectivity index is 3.93. The number of rotatable bonds is 10. The van der Waals surface area contributed by atoms with E-state index in [4.69, 9.17) is 17.7 Å². The zero-order valence-corrected chi connectivity index (χ0v) is 13.3. The molecule has 0 aromatic carbocycles. The molecule has 0 radical (unpaired) electrons. The first-order valence-electron chi connectivity index (χ1n) is 4.74. The highest BCUT2D eigenvalue weighted by Crippen LogP contribution is 2.11. The minimum absolute atomic E-state index is 0.577. The van der Waals surface area contributed by atoms with E-state index >= 15 is 0 Å². The molecule has 0 aromatic rings. The fourth-order valence-electron chi connectivity index (χ4n) is 0.864. The van der Waals surface area contributed by atoms with Crippen molar-refractivity contribution in [2.24, 2.45) is 0 Å². The van der Waals surface area contributed by atoms with E-state index in [1.54, 1.807) is 14.2 Å². The third kappa shape index (κ3) is 7.04. The number of alkyl halides is 2. The van der Waals surface area contributed by atoms with Gasteiger partial charge in [0.15, 0.2) is 0 Å². The summed E-state index contributed by atoms with van der Waals surface area (Å²) in [6, 6.07) is 0. The van der Waals surface area contributed by atoms with E-state index in [0.29, 0.717) is 13.2 Å². The Labute approximate surface area is 109 Å². The summed E-state index contributed by atoms with van der Waals surface area (Å²) < 4.78 is 21.5. The minimum atomic E-state index is -2.86. The molecule has 15 heavy (non-hydrogen) atoms. The molecule has 0 saturated heterocycles. The van der Waals surface area contributed by atoms with Gasteiger partial charge >= 0.3 is 9.05 Å². The molecule has 0 aromatic heterocycles. The van der Waals surface area contributed by atoms with Gasteiger partial charge in [0.1, 0.15) is 0 Å². The molecule has 0 aliphatic carbocycles. The largest absolute Gasteiger partial charge is 0.679 e. The predicted molar refractivity (Wildman–Crippen MR) is 68.5 cm³/mol. The van der Waals surface area contributed by atoms with Gasteiger partial charge in [-0.2, -0.15) is 0 Å². The molecular formula is C8H18Br2O4Si. The van der Waals surface area contributed by atoms with Crippen molar-refractivity contribution in [3.63, 3.8) is 0 Å². The summed E-state index contributed by atoms with van der Waals surface area (Å²) in [5.41, 5.74) is 0. The van der Waals surface area contributed by atoms with Crippen molar-refractivity contribution in [3.05, 3.63) is 0 Å². The molecule has 0 N–H and O–H groups in total. The normalized spacial score (nSPS) is 12.0. The molecule has 0 rings (SSSR count). The molecule has 0 unspecified atom stereocenters. The molecule has 0 aliphatic heterocycles. The van der Waals surface area contributed by atoms with Gasteiger partial charge in [-0.1, -0.05) is 31.9 Å². The van der Waals surface area contributed by atoms with Gasteiger partial charge in [-0.3, -0.25) is 0 Å². The molecule has 0 amide bonds. The molecule has 0 spiro atoms. The number of hydrogen-bond acceptors (Lipinski definition) is 4. The van der Waals surface area contributed by atoms with Crippen LogP contribution in [-0.2, 0) is 17.7 Å². The van der Waals surface area contributed by atoms with Crippen LogP contribution in [0, 0.1) is 0 Å². The molecule has 0 saturated carbocycles. The SMILES string of the molecule is CO[Si](OC)(OCCCBr)OCCCBr. The zero-order valence-electron chi connectivity index (χ0n) is 9.13. The van der Waals surface area contributed by atoms with Crippen LogP contribution in [0.15, 0.2) is 0 Å². The molecule has 0 aliphatic rings. The summed E-state index contributed by atoms with van der Waals surface area (Å²) in [5, 5.41) is 1.79. The van der Waals surface area contributed by atoms with Crippen molar-refractivity contribution in [1.82, 2.24) is 0 Å². The highest BCUT2D eigenvalue weighted by molar-refractivity contribution is 9.09. The van der Waals surface area contributed by atoms with Gasteiger partial charge in [0, 0.05) is 38.1 Å². The van der Waals surface area contributed by atoms with Crippen LogP contribution in [-0.4, -0.2) is 47.1 Å². The van der Waals surface area contributed by atoms with E-state index in [1.165, 1.54) is 0 Å². The van der Waals surface area contributed by atoms with Gasteiger partial charge in [0.2, 0.25) is 0 Å². The summed E-state index contributed by atoms with van der Waals surface area (Å²) in [6.07, 6.45) is 1.81. The first kappa shape index (κ1) is 16.0. The van der Waals surface area contributed by atoms with Crippen molar-refractivity contribution in [1.29, 1.82) is 0 Å². The summed E-state index contributed by atoms with van der Waals surface area (Å²) in [5.74, 6) is 0. The topological polar surface area (TPSA) is 36.9 Å². The van der Waals surface area contributed by atoms with Crippen molar-refractivity contribution < 1.29 is 17.7 Å². The van der Waals surface area contributed by atoms with Crippen LogP contribution in [0.25, 0.3) is 0 Å². The first-order valence-corrected chi connectivity index (χ1v) is 8.62. The molecule has 0 atom stereocenters. The Morgan fingerprint density at radius 3 is 1.53 bits per heavy atom. The van der Waals surface area contributed by atoms with Crippen molar-refractivity contribution in [2.45, 2.75) is 12.8 Å². The third-order valence-corrected chi connectivity index (χ3v) is 4.85. The highest BCUT2D eigenvalue weighted by atomic mass is 79.9. The standard InChI is InChI=1S/C8H18Br2O4Si/c1-11-15(12-2,13-7-3-5-9)14-8-4-6-10/h3-8H2,1-2H3. The van der Waals surface area contributed by atoms with Gasteiger partial charge < -0.3 is 17.7 Å². The van der Waals surface area contributed by atoms with Crippen LogP contribution < -0.4 is 0 Å². The minimum Gasteiger partial charge on any atom is -0.355 e. The maximum absolute atomic E-state index is 5.54. The van der Waals surface area contributed by atoms with Crippen LogP contribution in [0.2, 0.25) is 0 Å². The molecule has 4 nitrogen and oxygen atoms in total. The van der Waals surface area contributed by atoms with E-state index in [-0.39, 0.29) is 0 Å². The summed E-state index contributed by atoms with van der Waals surface area (Å²) in [6.45, 7) is 1.15. The van der Waals surface area contributed by atoms with Gasteiger partial charge in [-0.15, -0.1) is 0 Å². The second-order valence-electron chi connectivity index (χ2n) is 2.69. The average molecular weight is 366 g/mol. The first-order chi connectivity index (χ1) is 7.24. The Bertz CT molecular complexity index is 135. The number of hydrogen-bond donors (Lipinski definition) is 0. The second kappa shape index (κ2) is 10.2. The molecule has 92 valence electrons. The Morgan fingerprint density at radius 1 is 0.867 bits per heavy atom. The summed E-state index contributed by atoms with van der Waals surface area (Å²) in [4.78, 5) is 0.